The highest BCUT2D eigenvalue weighted by atomic mass is 16.5. The van der Waals surface area contributed by atoms with Crippen LogP contribution in [0.15, 0.2) is 18.2 Å². The number of hydrogen-bond donors (Lipinski definition) is 1. The van der Waals surface area contributed by atoms with Gasteiger partial charge in [0.25, 0.3) is 0 Å². The molecule has 1 fully saturated rings. The van der Waals surface area contributed by atoms with Crippen LogP contribution < -0.4 is 14.8 Å². The lowest BCUT2D eigenvalue weighted by Crippen LogP contribution is -2.19. The van der Waals surface area contributed by atoms with E-state index in [1.54, 1.807) is 7.11 Å². The molecule has 0 amide bonds. The van der Waals surface area contributed by atoms with Gasteiger partial charge < -0.3 is 14.8 Å². The van der Waals surface area contributed by atoms with E-state index in [1.165, 1.54) is 18.4 Å². The van der Waals surface area contributed by atoms with Gasteiger partial charge in [-0.1, -0.05) is 26.0 Å². The highest BCUT2D eigenvalue weighted by molar-refractivity contribution is 5.46. The molecule has 1 aromatic rings. The number of ether oxygens (including phenoxy) is 2. The number of hydrogen-bond acceptors (Lipinski definition) is 3. The highest BCUT2D eigenvalue weighted by Gasteiger charge is 2.23. The summed E-state index contributed by atoms with van der Waals surface area (Å²) in [7, 11) is 1.70. The van der Waals surface area contributed by atoms with E-state index in [1.807, 2.05) is 12.1 Å². The molecule has 1 N–H and O–H groups in total. The van der Waals surface area contributed by atoms with Crippen LogP contribution >= 0.6 is 0 Å². The Morgan fingerprint density at radius 2 is 2.11 bits per heavy atom. The third kappa shape index (κ3) is 4.43. The van der Waals surface area contributed by atoms with Gasteiger partial charge in [-0.2, -0.15) is 0 Å². The lowest BCUT2D eigenvalue weighted by molar-refractivity contribution is 0.276. The zero-order valence-electron chi connectivity index (χ0n) is 12.2. The number of methoxy groups -OCH3 is 1. The van der Waals surface area contributed by atoms with Crippen LogP contribution in [0.2, 0.25) is 0 Å². The zero-order valence-corrected chi connectivity index (χ0v) is 12.2. The lowest BCUT2D eigenvalue weighted by atomic mass is 10.1. The van der Waals surface area contributed by atoms with Crippen molar-refractivity contribution >= 4 is 0 Å². The first kappa shape index (κ1) is 14.2. The molecule has 0 aliphatic heterocycles. The first-order valence-corrected chi connectivity index (χ1v) is 7.20. The van der Waals surface area contributed by atoms with Crippen LogP contribution in [0.4, 0.5) is 0 Å². The molecular formula is C16H25NO2. The molecule has 0 heterocycles. The fourth-order valence-corrected chi connectivity index (χ4v) is 2.01. The Labute approximate surface area is 116 Å². The normalized spacial score (nSPS) is 14.7. The van der Waals surface area contributed by atoms with Crippen LogP contribution in [0.5, 0.6) is 11.5 Å². The van der Waals surface area contributed by atoms with Gasteiger partial charge in [-0.3, -0.25) is 0 Å². The molecule has 0 bridgehead atoms. The molecule has 0 aromatic heterocycles. The van der Waals surface area contributed by atoms with Gasteiger partial charge in [0.05, 0.1) is 13.7 Å². The van der Waals surface area contributed by atoms with Gasteiger partial charge in [-0.25, -0.2) is 0 Å². The van der Waals surface area contributed by atoms with Crippen LogP contribution in [0.1, 0.15) is 32.3 Å². The fourth-order valence-electron chi connectivity index (χ4n) is 2.01. The Hall–Kier alpha value is -1.22. The summed E-state index contributed by atoms with van der Waals surface area (Å²) in [6, 6.07) is 6.10. The standard InChI is InChI=1S/C16H25NO2/c1-12(2)9-17-10-14-5-4-6-15(18-3)16(14)19-11-13-7-8-13/h4-6,12-13,17H,7-11H2,1-3H3. The van der Waals surface area contributed by atoms with Gasteiger partial charge in [-0.05, 0) is 37.3 Å². The van der Waals surface area contributed by atoms with Gasteiger partial charge in [0.2, 0.25) is 0 Å². The summed E-state index contributed by atoms with van der Waals surface area (Å²) >= 11 is 0. The van der Waals surface area contributed by atoms with E-state index in [-0.39, 0.29) is 0 Å². The van der Waals surface area contributed by atoms with Gasteiger partial charge in [0, 0.05) is 12.1 Å². The van der Waals surface area contributed by atoms with E-state index in [2.05, 4.69) is 25.2 Å². The third-order valence-corrected chi connectivity index (χ3v) is 3.31. The maximum absolute atomic E-state index is 5.98. The van der Waals surface area contributed by atoms with E-state index in [4.69, 9.17) is 9.47 Å². The van der Waals surface area contributed by atoms with Crippen molar-refractivity contribution in [1.29, 1.82) is 0 Å². The van der Waals surface area contributed by atoms with Crippen LogP contribution in [-0.4, -0.2) is 20.3 Å². The third-order valence-electron chi connectivity index (χ3n) is 3.31. The van der Waals surface area contributed by atoms with E-state index in [9.17, 15) is 0 Å². The van der Waals surface area contributed by atoms with Crippen molar-refractivity contribution < 1.29 is 9.47 Å². The molecule has 0 radical (unpaired) electrons. The van der Waals surface area contributed by atoms with Gasteiger partial charge >= 0.3 is 0 Å². The molecule has 106 valence electrons. The Bertz CT molecular complexity index is 400. The van der Waals surface area contributed by atoms with Crippen LogP contribution in [0.3, 0.4) is 0 Å². The average Bonchev–Trinajstić information content (AvgIpc) is 3.20. The average molecular weight is 263 g/mol. The molecule has 1 aliphatic carbocycles. The highest BCUT2D eigenvalue weighted by Crippen LogP contribution is 2.35. The number of rotatable bonds is 8. The topological polar surface area (TPSA) is 30.5 Å². The molecule has 19 heavy (non-hydrogen) atoms. The maximum atomic E-state index is 5.98. The molecule has 0 spiro atoms. The van der Waals surface area contributed by atoms with Crippen LogP contribution in [-0.2, 0) is 6.54 Å². The Morgan fingerprint density at radius 3 is 2.74 bits per heavy atom. The number of benzene rings is 1. The second-order valence-electron chi connectivity index (χ2n) is 5.73. The molecule has 3 heteroatoms. The quantitative estimate of drug-likeness (QED) is 0.781. The molecule has 0 unspecified atom stereocenters. The Balaban J connectivity index is 2.01. The molecule has 3 nitrogen and oxygen atoms in total. The summed E-state index contributed by atoms with van der Waals surface area (Å²) in [4.78, 5) is 0. The minimum absolute atomic E-state index is 0.654. The van der Waals surface area contributed by atoms with Crippen LogP contribution in [0, 0.1) is 11.8 Å². The first-order chi connectivity index (χ1) is 9.20. The summed E-state index contributed by atoms with van der Waals surface area (Å²) < 4.78 is 11.4. The zero-order chi connectivity index (χ0) is 13.7. The molecular weight excluding hydrogens is 238 g/mol. The first-order valence-electron chi connectivity index (χ1n) is 7.20. The van der Waals surface area contributed by atoms with E-state index in [0.29, 0.717) is 5.92 Å². The van der Waals surface area contributed by atoms with E-state index < -0.39 is 0 Å². The van der Waals surface area contributed by atoms with E-state index in [0.717, 1.165) is 37.1 Å². The summed E-state index contributed by atoms with van der Waals surface area (Å²) in [6.07, 6.45) is 2.60. The molecule has 0 atom stereocenters. The largest absolute Gasteiger partial charge is 0.493 e. The van der Waals surface area contributed by atoms with Crippen molar-refractivity contribution in [1.82, 2.24) is 5.32 Å². The van der Waals surface area contributed by atoms with Gasteiger partial charge in [0.1, 0.15) is 0 Å². The predicted molar refractivity (Wildman–Crippen MR) is 77.8 cm³/mol. The summed E-state index contributed by atoms with van der Waals surface area (Å²) in [5, 5.41) is 3.46. The Kier molecular flexibility index (Phi) is 5.08. The minimum atomic E-state index is 0.654. The summed E-state index contributed by atoms with van der Waals surface area (Å²) in [6.45, 7) is 7.08. The van der Waals surface area contributed by atoms with Gasteiger partial charge in [-0.15, -0.1) is 0 Å². The molecule has 0 saturated heterocycles. The van der Waals surface area contributed by atoms with Crippen molar-refractivity contribution in [2.24, 2.45) is 11.8 Å². The summed E-state index contributed by atoms with van der Waals surface area (Å²) in [5.41, 5.74) is 1.18. The second kappa shape index (κ2) is 6.80. The van der Waals surface area contributed by atoms with Crippen LogP contribution in [0.25, 0.3) is 0 Å². The second-order valence-corrected chi connectivity index (χ2v) is 5.73. The maximum Gasteiger partial charge on any atom is 0.165 e. The Morgan fingerprint density at radius 1 is 1.32 bits per heavy atom. The van der Waals surface area contributed by atoms with Gasteiger partial charge in [0.15, 0.2) is 11.5 Å². The summed E-state index contributed by atoms with van der Waals surface area (Å²) in [5.74, 6) is 3.15. The van der Waals surface area contributed by atoms with Crippen molar-refractivity contribution in [2.45, 2.75) is 33.2 Å². The molecule has 1 aromatic carbocycles. The van der Waals surface area contributed by atoms with E-state index >= 15 is 0 Å². The predicted octanol–water partition coefficient (Wildman–Crippen LogP) is 3.23. The van der Waals surface area contributed by atoms with Crippen molar-refractivity contribution in [3.63, 3.8) is 0 Å². The monoisotopic (exact) mass is 263 g/mol. The lowest BCUT2D eigenvalue weighted by Gasteiger charge is -2.16. The van der Waals surface area contributed by atoms with Crippen molar-refractivity contribution in [3.8, 4) is 11.5 Å². The van der Waals surface area contributed by atoms with Crippen molar-refractivity contribution in [3.05, 3.63) is 23.8 Å². The molecule has 1 saturated carbocycles. The number of para-hydroxylation sites is 1. The smallest absolute Gasteiger partial charge is 0.165 e. The molecule has 2 rings (SSSR count). The SMILES string of the molecule is COc1cccc(CNCC(C)C)c1OCC1CC1. The molecule has 1 aliphatic rings. The van der Waals surface area contributed by atoms with Crippen molar-refractivity contribution in [2.75, 3.05) is 20.3 Å². The number of nitrogens with one attached hydrogen (secondary N) is 1. The minimum Gasteiger partial charge on any atom is -0.493 e. The fraction of sp³-hybridized carbons (Fsp3) is 0.625.